The molecule has 4 nitrogen and oxygen atoms in total. The largest absolute Gasteiger partial charge is 0.324 e. The van der Waals surface area contributed by atoms with Crippen molar-refractivity contribution >= 4 is 16.3 Å². The van der Waals surface area contributed by atoms with Crippen LogP contribution in [0.4, 0.5) is 5.00 Å². The monoisotopic (exact) mass is 276 g/mol. The van der Waals surface area contributed by atoms with E-state index in [-0.39, 0.29) is 9.92 Å². The van der Waals surface area contributed by atoms with E-state index in [1.54, 1.807) is 12.1 Å². The Labute approximate surface area is 116 Å². The Hall–Kier alpha value is -1.72. The number of hydrogen-bond donors (Lipinski definition) is 1. The van der Waals surface area contributed by atoms with Crippen molar-refractivity contribution in [2.45, 2.75) is 26.4 Å². The summed E-state index contributed by atoms with van der Waals surface area (Å²) < 4.78 is 0. The van der Waals surface area contributed by atoms with E-state index in [0.29, 0.717) is 6.54 Å². The van der Waals surface area contributed by atoms with Crippen LogP contribution in [-0.2, 0) is 19.5 Å². The van der Waals surface area contributed by atoms with Crippen molar-refractivity contribution in [1.29, 1.82) is 0 Å². The molecular formula is C14H16N2O2S. The van der Waals surface area contributed by atoms with E-state index in [1.807, 2.05) is 0 Å². The number of nitro groups is 1. The van der Waals surface area contributed by atoms with Gasteiger partial charge in [0.25, 0.3) is 0 Å². The van der Waals surface area contributed by atoms with Crippen molar-refractivity contribution in [1.82, 2.24) is 5.32 Å². The summed E-state index contributed by atoms with van der Waals surface area (Å²) in [5.74, 6) is 0. The Morgan fingerprint density at radius 2 is 1.79 bits per heavy atom. The Morgan fingerprint density at radius 3 is 2.37 bits per heavy atom. The SMILES string of the molecule is CCc1ccc(CNCc2ccc([N+](=O)[O-])s2)cc1. The van der Waals surface area contributed by atoms with Gasteiger partial charge in [-0.05, 0) is 23.6 Å². The molecule has 0 saturated heterocycles. The minimum atomic E-state index is -0.350. The fourth-order valence-corrected chi connectivity index (χ4v) is 2.57. The fourth-order valence-electron chi connectivity index (χ4n) is 1.78. The Balaban J connectivity index is 1.83. The van der Waals surface area contributed by atoms with E-state index in [4.69, 9.17) is 0 Å². The standard InChI is InChI=1S/C14H16N2O2S/c1-2-11-3-5-12(6-4-11)9-15-10-13-7-8-14(19-13)16(17)18/h3-8,15H,2,9-10H2,1H3. The topological polar surface area (TPSA) is 55.2 Å². The predicted molar refractivity (Wildman–Crippen MR) is 77.3 cm³/mol. The number of aryl methyl sites for hydroxylation is 1. The lowest BCUT2D eigenvalue weighted by molar-refractivity contribution is -0.380. The highest BCUT2D eigenvalue weighted by atomic mass is 32.1. The molecular weight excluding hydrogens is 260 g/mol. The molecule has 19 heavy (non-hydrogen) atoms. The van der Waals surface area contributed by atoms with Crippen molar-refractivity contribution in [3.8, 4) is 0 Å². The molecule has 0 aliphatic heterocycles. The lowest BCUT2D eigenvalue weighted by Gasteiger charge is -2.04. The van der Waals surface area contributed by atoms with Gasteiger partial charge in [0, 0.05) is 24.0 Å². The molecule has 1 aromatic heterocycles. The molecule has 0 amide bonds. The molecule has 0 fully saturated rings. The quantitative estimate of drug-likeness (QED) is 0.649. The van der Waals surface area contributed by atoms with Gasteiger partial charge in [0.15, 0.2) is 0 Å². The van der Waals surface area contributed by atoms with Crippen LogP contribution in [0.15, 0.2) is 36.4 Å². The molecule has 1 aromatic carbocycles. The maximum absolute atomic E-state index is 10.6. The van der Waals surface area contributed by atoms with E-state index in [2.05, 4.69) is 36.5 Å². The summed E-state index contributed by atoms with van der Waals surface area (Å²) in [6.07, 6.45) is 1.05. The third-order valence-electron chi connectivity index (χ3n) is 2.89. The van der Waals surface area contributed by atoms with E-state index < -0.39 is 0 Å². The van der Waals surface area contributed by atoms with Gasteiger partial charge in [0.05, 0.1) is 4.92 Å². The molecule has 1 N–H and O–H groups in total. The summed E-state index contributed by atoms with van der Waals surface area (Å²) in [5, 5.41) is 14.1. The molecule has 1 heterocycles. The van der Waals surface area contributed by atoms with Gasteiger partial charge in [0.1, 0.15) is 0 Å². The maximum atomic E-state index is 10.6. The van der Waals surface area contributed by atoms with E-state index in [0.717, 1.165) is 17.8 Å². The highest BCUT2D eigenvalue weighted by Gasteiger charge is 2.08. The number of rotatable bonds is 6. The first-order valence-electron chi connectivity index (χ1n) is 6.20. The van der Waals surface area contributed by atoms with E-state index >= 15 is 0 Å². The van der Waals surface area contributed by atoms with Crippen LogP contribution in [0.3, 0.4) is 0 Å². The molecule has 0 aliphatic carbocycles. The van der Waals surface area contributed by atoms with Crippen LogP contribution < -0.4 is 5.32 Å². The van der Waals surface area contributed by atoms with Crippen molar-refractivity contribution in [3.63, 3.8) is 0 Å². The van der Waals surface area contributed by atoms with Crippen LogP contribution >= 0.6 is 11.3 Å². The van der Waals surface area contributed by atoms with Gasteiger partial charge in [-0.15, -0.1) is 0 Å². The minimum absolute atomic E-state index is 0.198. The summed E-state index contributed by atoms with van der Waals surface area (Å²) in [4.78, 5) is 11.2. The Kier molecular flexibility index (Phi) is 4.65. The van der Waals surface area contributed by atoms with Crippen molar-refractivity contribution in [2.24, 2.45) is 0 Å². The zero-order valence-corrected chi connectivity index (χ0v) is 11.6. The molecule has 0 atom stereocenters. The predicted octanol–water partition coefficient (Wildman–Crippen LogP) is 3.51. The van der Waals surface area contributed by atoms with E-state index in [9.17, 15) is 10.1 Å². The number of hydrogen-bond acceptors (Lipinski definition) is 4. The van der Waals surface area contributed by atoms with E-state index in [1.165, 1.54) is 22.5 Å². The van der Waals surface area contributed by atoms with Gasteiger partial charge in [-0.1, -0.05) is 42.5 Å². The van der Waals surface area contributed by atoms with Gasteiger partial charge in [0.2, 0.25) is 0 Å². The lowest BCUT2D eigenvalue weighted by atomic mass is 10.1. The number of nitrogens with one attached hydrogen (secondary N) is 1. The van der Waals surface area contributed by atoms with Crippen LogP contribution in [0.5, 0.6) is 0 Å². The number of thiophene rings is 1. The molecule has 5 heteroatoms. The van der Waals surface area contributed by atoms with Gasteiger partial charge in [-0.2, -0.15) is 0 Å². The van der Waals surface area contributed by atoms with Crippen LogP contribution in [0.2, 0.25) is 0 Å². The van der Waals surface area contributed by atoms with Gasteiger partial charge < -0.3 is 5.32 Å². The fraction of sp³-hybridized carbons (Fsp3) is 0.286. The molecule has 0 spiro atoms. The first kappa shape index (κ1) is 13.7. The average Bonchev–Trinajstić information content (AvgIpc) is 2.89. The first-order chi connectivity index (χ1) is 9.19. The number of benzene rings is 1. The van der Waals surface area contributed by atoms with Crippen LogP contribution in [-0.4, -0.2) is 4.92 Å². The van der Waals surface area contributed by atoms with Crippen molar-refractivity contribution < 1.29 is 4.92 Å². The van der Waals surface area contributed by atoms with Gasteiger partial charge in [-0.3, -0.25) is 10.1 Å². The molecule has 100 valence electrons. The molecule has 0 unspecified atom stereocenters. The summed E-state index contributed by atoms with van der Waals surface area (Å²) >= 11 is 1.22. The Morgan fingerprint density at radius 1 is 1.11 bits per heavy atom. The summed E-state index contributed by atoms with van der Waals surface area (Å²) in [7, 11) is 0. The van der Waals surface area contributed by atoms with Crippen molar-refractivity contribution in [3.05, 3.63) is 62.5 Å². The Bertz CT molecular complexity index is 549. The van der Waals surface area contributed by atoms with Crippen LogP contribution in [0.1, 0.15) is 22.9 Å². The third kappa shape index (κ3) is 3.87. The second-order valence-corrected chi connectivity index (χ2v) is 5.42. The molecule has 0 radical (unpaired) electrons. The average molecular weight is 276 g/mol. The first-order valence-corrected chi connectivity index (χ1v) is 7.02. The normalized spacial score (nSPS) is 10.6. The zero-order valence-electron chi connectivity index (χ0n) is 10.8. The highest BCUT2D eigenvalue weighted by molar-refractivity contribution is 7.15. The molecule has 2 rings (SSSR count). The van der Waals surface area contributed by atoms with Gasteiger partial charge in [-0.25, -0.2) is 0 Å². The second-order valence-electron chi connectivity index (χ2n) is 4.27. The smallest absolute Gasteiger partial charge is 0.308 e. The second kappa shape index (κ2) is 6.45. The summed E-state index contributed by atoms with van der Waals surface area (Å²) in [6.45, 7) is 3.57. The van der Waals surface area contributed by atoms with Crippen molar-refractivity contribution in [2.75, 3.05) is 0 Å². The number of nitrogens with zero attached hydrogens (tertiary/aromatic N) is 1. The molecule has 0 aliphatic rings. The molecule has 0 bridgehead atoms. The van der Waals surface area contributed by atoms with Gasteiger partial charge >= 0.3 is 5.00 Å². The summed E-state index contributed by atoms with van der Waals surface area (Å²) in [6, 6.07) is 11.8. The lowest BCUT2D eigenvalue weighted by Crippen LogP contribution is -2.11. The zero-order chi connectivity index (χ0) is 13.7. The van der Waals surface area contributed by atoms with Crippen LogP contribution in [0, 0.1) is 10.1 Å². The molecule has 0 saturated carbocycles. The summed E-state index contributed by atoms with van der Waals surface area (Å²) in [5.41, 5.74) is 2.56. The maximum Gasteiger partial charge on any atom is 0.324 e. The highest BCUT2D eigenvalue weighted by Crippen LogP contribution is 2.23. The third-order valence-corrected chi connectivity index (χ3v) is 3.92. The van der Waals surface area contributed by atoms with Crippen LogP contribution in [0.25, 0.3) is 0 Å². The molecule has 2 aromatic rings. The minimum Gasteiger partial charge on any atom is -0.308 e.